The molecule has 1 saturated carbocycles. The van der Waals surface area contributed by atoms with Crippen molar-refractivity contribution >= 4 is 28.9 Å². The van der Waals surface area contributed by atoms with Crippen molar-refractivity contribution in [2.75, 3.05) is 4.90 Å². The van der Waals surface area contributed by atoms with E-state index in [9.17, 15) is 23.1 Å². The highest BCUT2D eigenvalue weighted by Gasteiger charge is 2.60. The Balaban J connectivity index is 1.82. The average molecular weight is 447 g/mol. The second-order valence-corrected chi connectivity index (χ2v) is 7.79. The molecule has 1 saturated heterocycles. The molecular weight excluding hydrogens is 431 g/mol. The van der Waals surface area contributed by atoms with Crippen LogP contribution in [-0.2, 0) is 11.0 Å². The number of halogens is 3. The number of hydrogen-bond donors (Lipinski definition) is 2. The second kappa shape index (κ2) is 7.09. The van der Waals surface area contributed by atoms with Gasteiger partial charge in [0, 0.05) is 18.2 Å². The Morgan fingerprint density at radius 1 is 1.35 bits per heavy atom. The molecule has 11 heteroatoms. The van der Waals surface area contributed by atoms with Gasteiger partial charge in [-0.05, 0) is 43.6 Å². The molecule has 1 spiro atoms. The van der Waals surface area contributed by atoms with Crippen molar-refractivity contribution in [3.8, 4) is 6.07 Å². The van der Waals surface area contributed by atoms with Gasteiger partial charge in [-0.3, -0.25) is 9.69 Å². The number of hydrogen-bond acceptors (Lipinski definition) is 6. The quantitative estimate of drug-likeness (QED) is 0.669. The third kappa shape index (κ3) is 3.14. The first-order valence-electron chi connectivity index (χ1n) is 9.32. The third-order valence-corrected chi connectivity index (χ3v) is 6.01. The molecule has 2 aliphatic carbocycles. The molecule has 3 aliphatic rings. The summed E-state index contributed by atoms with van der Waals surface area (Å²) >= 11 is 5.52. The number of nitrogens with zero attached hydrogens (tertiary/aromatic N) is 4. The van der Waals surface area contributed by atoms with Gasteiger partial charge in [0.15, 0.2) is 10.8 Å². The number of thiocarbonyl (C=S) groups is 1. The Morgan fingerprint density at radius 3 is 2.65 bits per heavy atom. The van der Waals surface area contributed by atoms with Gasteiger partial charge in [0.25, 0.3) is 5.91 Å². The largest absolute Gasteiger partial charge is 0.506 e. The van der Waals surface area contributed by atoms with Crippen molar-refractivity contribution in [3.05, 3.63) is 58.9 Å². The molecule has 160 valence electrons. The topological polar surface area (TPSA) is 106 Å². The molecule has 0 radical (unpaired) electrons. The van der Waals surface area contributed by atoms with Crippen LogP contribution >= 0.6 is 12.2 Å². The van der Waals surface area contributed by atoms with E-state index in [1.54, 1.807) is 11.0 Å². The molecule has 2 heterocycles. The highest BCUT2D eigenvalue weighted by atomic mass is 32.1. The fraction of sp³-hybridized carbons (Fsp3) is 0.300. The zero-order chi connectivity index (χ0) is 22.6. The Morgan fingerprint density at radius 2 is 2.06 bits per heavy atom. The number of rotatable bonds is 2. The lowest BCUT2D eigenvalue weighted by atomic mass is 9.75. The van der Waals surface area contributed by atoms with E-state index in [2.05, 4.69) is 4.98 Å². The minimum absolute atomic E-state index is 0.0164. The standard InChI is InChI=1S/C20H16F3N5O2S/c21-20(22,23)13-7-12(10-26-15(13)9-24)27-17(30)19(5-2-6-19)28(18(27)31)11-3-1-4-14(25)16(29)8-11/h1,4,7-8,10,29H,2-3,5-6,25H2. The zero-order valence-corrected chi connectivity index (χ0v) is 16.8. The van der Waals surface area contributed by atoms with Crippen LogP contribution in [0.25, 0.3) is 0 Å². The average Bonchev–Trinajstić information content (AvgIpc) is 2.79. The molecule has 1 aromatic rings. The number of anilines is 1. The van der Waals surface area contributed by atoms with Crippen LogP contribution in [0.2, 0.25) is 0 Å². The summed E-state index contributed by atoms with van der Waals surface area (Å²) in [5.41, 5.74) is 3.17. The van der Waals surface area contributed by atoms with Crippen LogP contribution in [-0.4, -0.2) is 31.5 Å². The van der Waals surface area contributed by atoms with Gasteiger partial charge in [0.2, 0.25) is 0 Å². The van der Waals surface area contributed by atoms with Crippen LogP contribution in [0.1, 0.15) is 36.9 Å². The summed E-state index contributed by atoms with van der Waals surface area (Å²) in [6.07, 6.45) is 2.83. The van der Waals surface area contributed by atoms with Gasteiger partial charge in [-0.25, -0.2) is 4.98 Å². The number of aliphatic hydroxyl groups excluding tert-OH is 1. The highest BCUT2D eigenvalue weighted by Crippen LogP contribution is 2.48. The van der Waals surface area contributed by atoms with Crippen molar-refractivity contribution in [1.82, 2.24) is 9.88 Å². The van der Waals surface area contributed by atoms with E-state index in [1.165, 1.54) is 18.2 Å². The number of carbonyl (C=O) groups is 1. The van der Waals surface area contributed by atoms with Crippen LogP contribution in [0, 0.1) is 11.3 Å². The van der Waals surface area contributed by atoms with Crippen molar-refractivity contribution in [1.29, 1.82) is 5.26 Å². The van der Waals surface area contributed by atoms with Crippen LogP contribution in [0.5, 0.6) is 0 Å². The van der Waals surface area contributed by atoms with Gasteiger partial charge in [-0.15, -0.1) is 0 Å². The van der Waals surface area contributed by atoms with Gasteiger partial charge in [-0.2, -0.15) is 18.4 Å². The number of carbonyl (C=O) groups excluding carboxylic acids is 1. The zero-order valence-electron chi connectivity index (χ0n) is 16.0. The van der Waals surface area contributed by atoms with Crippen molar-refractivity contribution < 1.29 is 23.1 Å². The third-order valence-electron chi connectivity index (χ3n) is 5.65. The number of amides is 1. The smallest absolute Gasteiger partial charge is 0.419 e. The van der Waals surface area contributed by atoms with E-state index in [-0.39, 0.29) is 22.3 Å². The SMILES string of the molecule is N#Cc1ncc(N2C(=O)C3(CCC3)N(C3=CC(O)=C(N)C=CC3)C2=S)cc1C(F)(F)F. The Labute approximate surface area is 180 Å². The van der Waals surface area contributed by atoms with E-state index < -0.39 is 28.9 Å². The van der Waals surface area contributed by atoms with Crippen LogP contribution < -0.4 is 10.6 Å². The summed E-state index contributed by atoms with van der Waals surface area (Å²) in [4.78, 5) is 19.6. The predicted molar refractivity (Wildman–Crippen MR) is 108 cm³/mol. The monoisotopic (exact) mass is 447 g/mol. The first-order valence-corrected chi connectivity index (χ1v) is 9.73. The molecule has 31 heavy (non-hydrogen) atoms. The molecule has 4 rings (SSSR count). The first-order chi connectivity index (χ1) is 14.6. The Bertz CT molecular complexity index is 1130. The number of aliphatic hydroxyl groups is 1. The first kappa shape index (κ1) is 20.9. The number of allylic oxidation sites excluding steroid dienone is 3. The van der Waals surface area contributed by atoms with Crippen molar-refractivity contribution in [2.24, 2.45) is 5.73 Å². The van der Waals surface area contributed by atoms with Crippen molar-refractivity contribution in [2.45, 2.75) is 37.4 Å². The van der Waals surface area contributed by atoms with Gasteiger partial charge >= 0.3 is 6.18 Å². The van der Waals surface area contributed by atoms with E-state index >= 15 is 0 Å². The molecule has 0 bridgehead atoms. The second-order valence-electron chi connectivity index (χ2n) is 7.43. The number of pyridine rings is 1. The summed E-state index contributed by atoms with van der Waals surface area (Å²) in [7, 11) is 0. The number of nitrogens with two attached hydrogens (primary N) is 1. The normalized spacial score (nSPS) is 20.6. The maximum Gasteiger partial charge on any atom is 0.419 e. The maximum absolute atomic E-state index is 13.4. The van der Waals surface area contributed by atoms with Crippen LogP contribution in [0.4, 0.5) is 18.9 Å². The Kier molecular flexibility index (Phi) is 4.77. The molecule has 1 aromatic heterocycles. The number of alkyl halides is 3. The molecule has 1 amide bonds. The van der Waals surface area contributed by atoms with Crippen LogP contribution in [0.15, 0.2) is 47.6 Å². The number of aromatic nitrogens is 1. The highest BCUT2D eigenvalue weighted by molar-refractivity contribution is 7.80. The van der Waals surface area contributed by atoms with Gasteiger partial charge in [0.1, 0.15) is 17.4 Å². The van der Waals surface area contributed by atoms with Gasteiger partial charge in [0.05, 0.1) is 23.1 Å². The van der Waals surface area contributed by atoms with E-state index in [4.69, 9.17) is 23.2 Å². The summed E-state index contributed by atoms with van der Waals surface area (Å²) in [6.45, 7) is 0. The molecule has 0 aromatic carbocycles. The molecular formula is C20H16F3N5O2S. The lowest BCUT2D eigenvalue weighted by Crippen LogP contribution is -2.54. The molecule has 7 nitrogen and oxygen atoms in total. The minimum atomic E-state index is -4.82. The minimum Gasteiger partial charge on any atom is -0.506 e. The molecule has 0 unspecified atom stereocenters. The lowest BCUT2D eigenvalue weighted by molar-refractivity contribution is -0.138. The summed E-state index contributed by atoms with van der Waals surface area (Å²) in [5, 5.41) is 19.1. The number of nitriles is 1. The predicted octanol–water partition coefficient (Wildman–Crippen LogP) is 3.40. The van der Waals surface area contributed by atoms with Gasteiger partial charge < -0.3 is 15.7 Å². The lowest BCUT2D eigenvalue weighted by Gasteiger charge is -2.43. The molecule has 0 atom stereocenters. The summed E-state index contributed by atoms with van der Waals surface area (Å²) in [6, 6.07) is 2.13. The van der Waals surface area contributed by atoms with E-state index in [0.29, 0.717) is 31.0 Å². The summed E-state index contributed by atoms with van der Waals surface area (Å²) < 4.78 is 40.3. The summed E-state index contributed by atoms with van der Waals surface area (Å²) in [5.74, 6) is -0.653. The maximum atomic E-state index is 13.4. The van der Waals surface area contributed by atoms with E-state index in [0.717, 1.165) is 17.5 Å². The van der Waals surface area contributed by atoms with Gasteiger partial charge in [-0.1, -0.05) is 6.08 Å². The Hall–Kier alpha value is -3.39. The molecule has 1 aliphatic heterocycles. The fourth-order valence-corrected chi connectivity index (χ4v) is 4.46. The van der Waals surface area contributed by atoms with E-state index in [1.807, 2.05) is 0 Å². The van der Waals surface area contributed by atoms with Crippen molar-refractivity contribution in [3.63, 3.8) is 0 Å². The fourth-order valence-electron chi connectivity index (χ4n) is 3.98. The molecule has 3 N–H and O–H groups in total. The van der Waals surface area contributed by atoms with Crippen LogP contribution in [0.3, 0.4) is 0 Å². The molecule has 2 fully saturated rings.